The van der Waals surface area contributed by atoms with Crippen LogP contribution in [-0.2, 0) is 22.6 Å². The molecule has 0 spiro atoms. The number of nitriles is 1. The molecule has 0 radical (unpaired) electrons. The van der Waals surface area contributed by atoms with Crippen LogP contribution < -0.4 is 21.2 Å². The zero-order valence-corrected chi connectivity index (χ0v) is 24.4. The third kappa shape index (κ3) is 6.67. The van der Waals surface area contributed by atoms with Crippen LogP contribution in [0.4, 0.5) is 4.79 Å². The van der Waals surface area contributed by atoms with Crippen LogP contribution in [0.5, 0.6) is 0 Å². The molecule has 5 rings (SSSR count). The molecule has 0 aliphatic heterocycles. The van der Waals surface area contributed by atoms with Gasteiger partial charge in [-0.1, -0.05) is 152 Å². The second-order valence-corrected chi connectivity index (χ2v) is 13.3. The van der Waals surface area contributed by atoms with Gasteiger partial charge in [-0.3, -0.25) is 4.79 Å². The number of carbonyl (C=O) groups is 2. The Morgan fingerprint density at radius 1 is 0.628 bits per heavy atom. The minimum absolute atomic E-state index is 0.0583. The van der Waals surface area contributed by atoms with E-state index in [0.29, 0.717) is 0 Å². The molecule has 5 aromatic rings. The third-order valence-electron chi connectivity index (χ3n) is 7.21. The summed E-state index contributed by atoms with van der Waals surface area (Å²) in [6.07, 6.45) is -0.526. The minimum Gasteiger partial charge on any atom is -0.445 e. The largest absolute Gasteiger partial charge is 0.445 e. The van der Waals surface area contributed by atoms with Crippen LogP contribution in [0.3, 0.4) is 0 Å². The van der Waals surface area contributed by atoms with Crippen molar-refractivity contribution in [1.82, 2.24) is 5.32 Å². The van der Waals surface area contributed by atoms with E-state index < -0.39 is 24.8 Å². The van der Waals surface area contributed by atoms with Gasteiger partial charge in [-0.2, -0.15) is 5.26 Å². The number of nitrogens with zero attached hydrogens (tertiary/aromatic N) is 1. The average Bonchev–Trinajstić information content (AvgIpc) is 3.08. The Bertz CT molecular complexity index is 1650. The highest BCUT2D eigenvalue weighted by atomic mass is 31.2. The number of ketones is 1. The van der Waals surface area contributed by atoms with Crippen LogP contribution in [0.1, 0.15) is 11.1 Å². The summed E-state index contributed by atoms with van der Waals surface area (Å²) in [6, 6.07) is 49.3. The maximum atomic E-state index is 14.8. The van der Waals surface area contributed by atoms with Crippen molar-refractivity contribution in [1.29, 1.82) is 5.26 Å². The zero-order valence-electron chi connectivity index (χ0n) is 23.5. The van der Waals surface area contributed by atoms with Gasteiger partial charge in [-0.15, -0.1) is 0 Å². The van der Waals surface area contributed by atoms with Gasteiger partial charge in [0, 0.05) is 6.42 Å². The minimum atomic E-state index is -2.97. The molecule has 0 aromatic heterocycles. The summed E-state index contributed by atoms with van der Waals surface area (Å²) in [5.41, 5.74) is 1.68. The highest BCUT2D eigenvalue weighted by Gasteiger charge is 2.36. The molecule has 5 aromatic carbocycles. The molecule has 5 nitrogen and oxygen atoms in total. The highest BCUT2D eigenvalue weighted by molar-refractivity contribution is 7.97. The van der Waals surface area contributed by atoms with Crippen molar-refractivity contribution in [3.05, 3.63) is 163 Å². The SMILES string of the molecule is N#CC(C(=O)[C@H](Cc1ccccc1)NC(=O)OCc1ccccc1)=P(c1ccccc1)(c1ccccc1)c1ccccc1. The molecule has 1 N–H and O–H groups in total. The third-order valence-corrected chi connectivity index (χ3v) is 11.4. The molecule has 0 fully saturated rings. The molecule has 0 saturated heterocycles. The molecule has 0 aliphatic rings. The van der Waals surface area contributed by atoms with Crippen molar-refractivity contribution < 1.29 is 14.3 Å². The first-order chi connectivity index (χ1) is 21.1. The van der Waals surface area contributed by atoms with Crippen molar-refractivity contribution in [3.8, 4) is 6.07 Å². The lowest BCUT2D eigenvalue weighted by molar-refractivity contribution is -0.114. The second kappa shape index (κ2) is 14.1. The summed E-state index contributed by atoms with van der Waals surface area (Å²) >= 11 is 0. The summed E-state index contributed by atoms with van der Waals surface area (Å²) in [5.74, 6) is -0.437. The fraction of sp³-hybridized carbons (Fsp3) is 0.0811. The number of hydrogen-bond donors (Lipinski definition) is 1. The van der Waals surface area contributed by atoms with Gasteiger partial charge in [0.2, 0.25) is 0 Å². The Morgan fingerprint density at radius 2 is 1.02 bits per heavy atom. The van der Waals surface area contributed by atoms with Crippen molar-refractivity contribution in [3.63, 3.8) is 0 Å². The zero-order chi connectivity index (χ0) is 29.9. The number of alkyl carbamates (subject to hydrolysis) is 1. The van der Waals surface area contributed by atoms with E-state index in [2.05, 4.69) is 11.4 Å². The summed E-state index contributed by atoms with van der Waals surface area (Å²) in [7, 11) is 0. The van der Waals surface area contributed by atoms with Crippen LogP contribution in [0.2, 0.25) is 0 Å². The van der Waals surface area contributed by atoms with Gasteiger partial charge in [0.25, 0.3) is 0 Å². The number of Topliss-reactive ketones (excluding diaryl/α,β-unsaturated/α-hetero) is 1. The van der Waals surface area contributed by atoms with E-state index in [4.69, 9.17) is 4.74 Å². The number of ether oxygens (including phenoxy) is 1. The average molecular weight is 583 g/mol. The summed E-state index contributed by atoms with van der Waals surface area (Å²) in [5, 5.41) is 16.4. The maximum Gasteiger partial charge on any atom is 0.408 e. The first-order valence-electron chi connectivity index (χ1n) is 14.0. The van der Waals surface area contributed by atoms with Gasteiger partial charge < -0.3 is 10.1 Å². The second-order valence-electron chi connectivity index (χ2n) is 9.95. The molecule has 6 heteroatoms. The van der Waals surface area contributed by atoms with Crippen molar-refractivity contribution >= 4 is 40.0 Å². The predicted octanol–water partition coefficient (Wildman–Crippen LogP) is 5.78. The normalized spacial score (nSPS) is 11.5. The van der Waals surface area contributed by atoms with E-state index in [1.807, 2.05) is 152 Å². The van der Waals surface area contributed by atoms with Gasteiger partial charge in [0.1, 0.15) is 24.0 Å². The molecule has 0 bridgehead atoms. The van der Waals surface area contributed by atoms with E-state index in [0.717, 1.165) is 27.0 Å². The maximum absolute atomic E-state index is 14.8. The number of benzene rings is 5. The van der Waals surface area contributed by atoms with Crippen LogP contribution >= 0.6 is 6.89 Å². The first-order valence-corrected chi connectivity index (χ1v) is 15.8. The quantitative estimate of drug-likeness (QED) is 0.212. The molecule has 0 saturated carbocycles. The Morgan fingerprint density at radius 3 is 1.44 bits per heavy atom. The van der Waals surface area contributed by atoms with Crippen molar-refractivity contribution in [2.75, 3.05) is 0 Å². The predicted molar refractivity (Wildman–Crippen MR) is 174 cm³/mol. The molecule has 1 atom stereocenters. The fourth-order valence-corrected chi connectivity index (χ4v) is 9.38. The smallest absolute Gasteiger partial charge is 0.408 e. The summed E-state index contributed by atoms with van der Waals surface area (Å²) in [4.78, 5) is 27.9. The van der Waals surface area contributed by atoms with Crippen molar-refractivity contribution in [2.24, 2.45) is 0 Å². The standard InChI is InChI=1S/C37H31N2O3P/c38-27-35(43(31-20-10-3-11-21-31,32-22-12-4-13-23-32)33-24-14-5-15-25-33)36(40)34(26-29-16-6-1-7-17-29)39-37(41)42-28-30-18-8-2-9-19-30/h1-25,34H,26,28H2,(H,39,41)/t34-/m0/s1. The Hall–Kier alpha value is -5.17. The topological polar surface area (TPSA) is 79.2 Å². The van der Waals surface area contributed by atoms with Crippen molar-refractivity contribution in [2.45, 2.75) is 19.1 Å². The Labute approximate surface area is 252 Å². The molecule has 43 heavy (non-hydrogen) atoms. The Kier molecular flexibility index (Phi) is 9.64. The number of amides is 1. The van der Waals surface area contributed by atoms with E-state index >= 15 is 0 Å². The molecule has 1 amide bonds. The van der Waals surface area contributed by atoms with Crippen LogP contribution in [-0.4, -0.2) is 23.2 Å². The monoisotopic (exact) mass is 582 g/mol. The molecule has 0 aliphatic carbocycles. The van der Waals surface area contributed by atoms with E-state index in [-0.39, 0.29) is 18.3 Å². The Balaban J connectivity index is 1.67. The van der Waals surface area contributed by atoms with Crippen LogP contribution in [0, 0.1) is 11.3 Å². The van der Waals surface area contributed by atoms with Crippen LogP contribution in [0.15, 0.2) is 152 Å². The van der Waals surface area contributed by atoms with E-state index in [1.54, 1.807) is 0 Å². The number of rotatable bonds is 10. The van der Waals surface area contributed by atoms with Gasteiger partial charge in [0.05, 0.1) is 0 Å². The number of nitrogens with one attached hydrogen (secondary N) is 1. The number of hydrogen-bond acceptors (Lipinski definition) is 4. The van der Waals surface area contributed by atoms with E-state index in [9.17, 15) is 14.9 Å². The molecule has 0 unspecified atom stereocenters. The van der Waals surface area contributed by atoms with Gasteiger partial charge in [0.15, 0.2) is 5.78 Å². The summed E-state index contributed by atoms with van der Waals surface area (Å²) < 4.78 is 5.51. The van der Waals surface area contributed by atoms with Crippen LogP contribution in [0.25, 0.3) is 0 Å². The van der Waals surface area contributed by atoms with Gasteiger partial charge in [-0.25, -0.2) is 4.79 Å². The lowest BCUT2D eigenvalue weighted by atomic mass is 10.0. The van der Waals surface area contributed by atoms with E-state index in [1.165, 1.54) is 0 Å². The fourth-order valence-electron chi connectivity index (χ4n) is 5.22. The lowest BCUT2D eigenvalue weighted by Gasteiger charge is -2.31. The lowest BCUT2D eigenvalue weighted by Crippen LogP contribution is -2.47. The molecule has 0 heterocycles. The molecule has 212 valence electrons. The van der Waals surface area contributed by atoms with Gasteiger partial charge in [-0.05, 0) is 33.9 Å². The summed E-state index contributed by atoms with van der Waals surface area (Å²) in [6.45, 7) is -2.91. The molecular weight excluding hydrogens is 551 g/mol. The number of carbonyl (C=O) groups excluding carboxylic acids is 2. The molecular formula is C37H31N2O3P. The van der Waals surface area contributed by atoms with Gasteiger partial charge >= 0.3 is 6.09 Å². The highest BCUT2D eigenvalue weighted by Crippen LogP contribution is 2.46. The first kappa shape index (κ1) is 29.3.